The van der Waals surface area contributed by atoms with Crippen molar-refractivity contribution in [3.63, 3.8) is 0 Å². The topological polar surface area (TPSA) is 185 Å². The van der Waals surface area contributed by atoms with Crippen molar-refractivity contribution in [3.05, 3.63) is 54.7 Å². The number of hydrogen-bond acceptors (Lipinski definition) is 10. The first-order valence-electron chi connectivity index (χ1n) is 12.2. The van der Waals surface area contributed by atoms with Crippen molar-refractivity contribution in [1.29, 1.82) is 0 Å². The van der Waals surface area contributed by atoms with E-state index in [1.54, 1.807) is 30.6 Å². The van der Waals surface area contributed by atoms with Crippen molar-refractivity contribution in [1.82, 2.24) is 29.8 Å². The van der Waals surface area contributed by atoms with Gasteiger partial charge in [0.25, 0.3) is 5.95 Å². The van der Waals surface area contributed by atoms with Gasteiger partial charge in [-0.2, -0.15) is 36.0 Å². The number of hydrogen-bond donors (Lipinski definition) is 4. The normalized spacial score (nSPS) is 15.0. The van der Waals surface area contributed by atoms with Gasteiger partial charge in [0.15, 0.2) is 11.5 Å². The highest BCUT2D eigenvalue weighted by Gasteiger charge is 2.38. The third-order valence-corrected chi connectivity index (χ3v) is 5.59. The summed E-state index contributed by atoms with van der Waals surface area (Å²) in [7, 11) is 0. The summed E-state index contributed by atoms with van der Waals surface area (Å²) in [5.74, 6) is -5.55. The fourth-order valence-corrected chi connectivity index (χ4v) is 3.68. The molecule has 20 heteroatoms. The molecule has 0 unspecified atom stereocenters. The number of carboxylic acids is 2. The van der Waals surface area contributed by atoms with Gasteiger partial charge in [-0.3, -0.25) is 9.97 Å². The van der Waals surface area contributed by atoms with E-state index in [0.717, 1.165) is 37.3 Å². The Bertz CT molecular complexity index is 1570. The fraction of sp³-hybridized carbons (Fsp3) is 0.292. The molecule has 0 spiro atoms. The van der Waals surface area contributed by atoms with Gasteiger partial charge in [0.2, 0.25) is 0 Å². The molecule has 4 aromatic heterocycles. The monoisotopic (exact) mass is 633 g/mol. The standard InChI is InChI=1S/C20H20FN9.2C2HF3O2/c21-14-4-1-8-24-19(14)15-5-6-18-26-27-20(30(18)28-15)25-16-11-23-9-7-17(16)29-10-2-3-13(22)12-29;2*3-2(4,5)1(6)7/h1,4-9,11,13H,2-3,10,12,22H2,(H,25,27);2*(H,6,7)/t13-;;/m0../s1. The summed E-state index contributed by atoms with van der Waals surface area (Å²) in [4.78, 5) is 28.4. The first-order chi connectivity index (χ1) is 20.6. The molecular weight excluding hydrogens is 611 g/mol. The summed E-state index contributed by atoms with van der Waals surface area (Å²) in [6.07, 6.45) is -3.09. The number of nitrogens with two attached hydrogens (primary N) is 1. The Morgan fingerprint density at radius 1 is 0.977 bits per heavy atom. The summed E-state index contributed by atoms with van der Waals surface area (Å²) < 4.78 is 79.2. The zero-order valence-corrected chi connectivity index (χ0v) is 22.1. The summed E-state index contributed by atoms with van der Waals surface area (Å²) in [6.45, 7) is 1.70. The molecule has 4 aromatic rings. The van der Waals surface area contributed by atoms with E-state index in [1.807, 2.05) is 6.07 Å². The van der Waals surface area contributed by atoms with E-state index in [1.165, 1.54) is 16.8 Å². The van der Waals surface area contributed by atoms with Crippen molar-refractivity contribution >= 4 is 34.9 Å². The molecular formula is C24H22F7N9O4. The van der Waals surface area contributed by atoms with E-state index in [9.17, 15) is 30.7 Å². The second-order valence-electron chi connectivity index (χ2n) is 8.82. The van der Waals surface area contributed by atoms with Crippen LogP contribution in [0.2, 0.25) is 0 Å². The van der Waals surface area contributed by atoms with Crippen LogP contribution in [0.4, 0.5) is 48.1 Å². The SMILES string of the molecule is N[C@H]1CCCN(c2ccncc2Nc2nnc3ccc(-c4ncccc4F)nn23)C1.O=C(O)C(F)(F)F.O=C(O)C(F)(F)F. The van der Waals surface area contributed by atoms with Crippen molar-refractivity contribution in [2.75, 3.05) is 23.3 Å². The zero-order chi connectivity index (χ0) is 32.7. The van der Waals surface area contributed by atoms with Crippen LogP contribution in [-0.4, -0.2) is 83.4 Å². The Morgan fingerprint density at radius 3 is 2.23 bits per heavy atom. The van der Waals surface area contributed by atoms with Gasteiger partial charge < -0.3 is 26.2 Å². The molecule has 1 fully saturated rings. The fourth-order valence-electron chi connectivity index (χ4n) is 3.68. The average Bonchev–Trinajstić information content (AvgIpc) is 3.35. The lowest BCUT2D eigenvalue weighted by molar-refractivity contribution is -0.193. The number of nitrogens with zero attached hydrogens (tertiary/aromatic N) is 7. The lowest BCUT2D eigenvalue weighted by atomic mass is 10.1. The Labute approximate surface area is 242 Å². The van der Waals surface area contributed by atoms with Crippen LogP contribution in [0.3, 0.4) is 0 Å². The molecule has 0 amide bonds. The molecule has 0 aromatic carbocycles. The van der Waals surface area contributed by atoms with Crippen LogP contribution in [0.15, 0.2) is 48.9 Å². The van der Waals surface area contributed by atoms with E-state index in [-0.39, 0.29) is 11.7 Å². The van der Waals surface area contributed by atoms with E-state index in [2.05, 4.69) is 35.5 Å². The van der Waals surface area contributed by atoms with Gasteiger partial charge in [-0.25, -0.2) is 14.0 Å². The molecule has 0 bridgehead atoms. The third-order valence-electron chi connectivity index (χ3n) is 5.59. The minimum Gasteiger partial charge on any atom is -0.475 e. The second kappa shape index (κ2) is 13.9. The number of anilines is 3. The molecule has 0 aliphatic carbocycles. The van der Waals surface area contributed by atoms with Gasteiger partial charge in [0, 0.05) is 31.5 Å². The maximum absolute atomic E-state index is 14.2. The summed E-state index contributed by atoms with van der Waals surface area (Å²) in [6, 6.07) is 8.38. The van der Waals surface area contributed by atoms with Crippen molar-refractivity contribution in [2.24, 2.45) is 5.73 Å². The molecule has 1 atom stereocenters. The first kappa shape index (κ1) is 33.4. The quantitative estimate of drug-likeness (QED) is 0.240. The second-order valence-corrected chi connectivity index (χ2v) is 8.82. The smallest absolute Gasteiger partial charge is 0.475 e. The number of rotatable bonds is 4. The highest BCUT2D eigenvalue weighted by molar-refractivity contribution is 5.74. The molecule has 1 saturated heterocycles. The molecule has 236 valence electrons. The van der Waals surface area contributed by atoms with Crippen LogP contribution >= 0.6 is 0 Å². The molecule has 0 radical (unpaired) electrons. The molecule has 13 nitrogen and oxygen atoms in total. The van der Waals surface area contributed by atoms with E-state index in [4.69, 9.17) is 25.5 Å². The average molecular weight is 633 g/mol. The summed E-state index contributed by atoms with van der Waals surface area (Å²) >= 11 is 0. The molecule has 1 aliphatic heterocycles. The molecule has 1 aliphatic rings. The molecule has 5 N–H and O–H groups in total. The number of piperidine rings is 1. The van der Waals surface area contributed by atoms with Crippen LogP contribution in [0, 0.1) is 5.82 Å². The number of carboxylic acid groups (broad SMARTS) is 2. The largest absolute Gasteiger partial charge is 0.490 e. The molecule has 5 heterocycles. The number of aliphatic carboxylic acids is 2. The molecule has 5 rings (SSSR count). The zero-order valence-electron chi connectivity index (χ0n) is 22.1. The number of alkyl halides is 6. The lowest BCUT2D eigenvalue weighted by Gasteiger charge is -2.33. The number of halogens is 7. The van der Waals surface area contributed by atoms with Crippen molar-refractivity contribution < 1.29 is 50.5 Å². The Kier molecular flexibility index (Phi) is 10.5. The highest BCUT2D eigenvalue weighted by atomic mass is 19.4. The molecule has 44 heavy (non-hydrogen) atoms. The van der Waals surface area contributed by atoms with E-state index in [0.29, 0.717) is 17.3 Å². The Morgan fingerprint density at radius 2 is 1.64 bits per heavy atom. The predicted octanol–water partition coefficient (Wildman–Crippen LogP) is 3.66. The maximum atomic E-state index is 14.2. The number of carbonyl (C=O) groups is 2. The maximum Gasteiger partial charge on any atom is 0.490 e. The molecule has 0 saturated carbocycles. The van der Waals surface area contributed by atoms with Gasteiger partial charge in [0.1, 0.15) is 11.4 Å². The Hall–Kier alpha value is -5.14. The van der Waals surface area contributed by atoms with E-state index >= 15 is 0 Å². The van der Waals surface area contributed by atoms with Crippen LogP contribution < -0.4 is 16.0 Å². The van der Waals surface area contributed by atoms with E-state index < -0.39 is 30.1 Å². The van der Waals surface area contributed by atoms with Crippen molar-refractivity contribution in [3.8, 4) is 11.4 Å². The van der Waals surface area contributed by atoms with Gasteiger partial charge >= 0.3 is 24.3 Å². The number of aromatic nitrogens is 6. The number of pyridine rings is 2. The number of nitrogens with one attached hydrogen (secondary N) is 1. The number of fused-ring (bicyclic) bond motifs is 1. The Balaban J connectivity index is 0.000000317. The highest BCUT2D eigenvalue weighted by Crippen LogP contribution is 2.29. The van der Waals surface area contributed by atoms with Gasteiger partial charge in [-0.1, -0.05) is 0 Å². The summed E-state index contributed by atoms with van der Waals surface area (Å²) in [5.41, 5.74) is 9.01. The van der Waals surface area contributed by atoms with Gasteiger partial charge in [-0.05, 0) is 43.2 Å². The van der Waals surface area contributed by atoms with Crippen LogP contribution in [0.25, 0.3) is 17.0 Å². The third kappa shape index (κ3) is 8.93. The minimum atomic E-state index is -5.08. The van der Waals surface area contributed by atoms with Gasteiger partial charge in [0.05, 0.1) is 17.6 Å². The predicted molar refractivity (Wildman–Crippen MR) is 138 cm³/mol. The van der Waals surface area contributed by atoms with Crippen LogP contribution in [0.1, 0.15) is 12.8 Å². The first-order valence-corrected chi connectivity index (χ1v) is 12.2. The van der Waals surface area contributed by atoms with Crippen molar-refractivity contribution in [2.45, 2.75) is 31.2 Å². The van der Waals surface area contributed by atoms with Gasteiger partial charge in [-0.15, -0.1) is 10.2 Å². The van der Waals surface area contributed by atoms with Crippen LogP contribution in [0.5, 0.6) is 0 Å². The summed E-state index contributed by atoms with van der Waals surface area (Å²) in [5, 5.41) is 30.4. The lowest BCUT2D eigenvalue weighted by Crippen LogP contribution is -2.43. The van der Waals surface area contributed by atoms with Crippen LogP contribution in [-0.2, 0) is 9.59 Å². The minimum absolute atomic E-state index is 0.145.